The molecule has 0 saturated carbocycles. The molecule has 0 bridgehead atoms. The number of rotatable bonds is 8. The maximum absolute atomic E-state index is 12.3. The second-order valence-electron chi connectivity index (χ2n) is 7.02. The number of fused-ring (bicyclic) bond motifs is 1. The molecule has 0 fully saturated rings. The molecule has 2 heterocycles. The lowest BCUT2D eigenvalue weighted by atomic mass is 9.79. The number of amides is 2. The van der Waals surface area contributed by atoms with Gasteiger partial charge in [0.2, 0.25) is 11.8 Å². The summed E-state index contributed by atoms with van der Waals surface area (Å²) in [6.07, 6.45) is 1.59. The largest absolute Gasteiger partial charge is 0.488 e. The number of nitrogens with two attached hydrogens (primary N) is 2. The number of primary amides is 2. The number of aliphatic hydroxyl groups is 1. The van der Waals surface area contributed by atoms with Crippen molar-refractivity contribution in [1.29, 1.82) is 0 Å². The van der Waals surface area contributed by atoms with Gasteiger partial charge < -0.3 is 30.5 Å². The molecule has 2 aromatic heterocycles. The smallest absolute Gasteiger partial charge is 0.252 e. The van der Waals surface area contributed by atoms with E-state index in [-0.39, 0.29) is 34.6 Å². The van der Waals surface area contributed by atoms with Gasteiger partial charge in [-0.05, 0) is 38.1 Å². The lowest BCUT2D eigenvalue weighted by Crippen LogP contribution is -2.42. The molecule has 2 amide bonds. The zero-order valence-electron chi connectivity index (χ0n) is 16.9. The summed E-state index contributed by atoms with van der Waals surface area (Å²) in [4.78, 5) is 28.6. The van der Waals surface area contributed by atoms with Crippen molar-refractivity contribution < 1.29 is 28.6 Å². The number of ether oxygens (including phenoxy) is 2. The molecule has 3 rings (SSSR count). The van der Waals surface area contributed by atoms with E-state index in [1.165, 1.54) is 14.0 Å². The highest BCUT2D eigenvalue weighted by molar-refractivity contribution is 6.10. The number of aliphatic hydroxyl groups excluding tert-OH is 1. The number of aryl methyl sites for hydroxylation is 1. The monoisotopic (exact) mass is 413 g/mol. The van der Waals surface area contributed by atoms with Crippen LogP contribution in [0, 0.1) is 6.92 Å². The zero-order chi connectivity index (χ0) is 22.1. The van der Waals surface area contributed by atoms with Crippen LogP contribution in [0.3, 0.4) is 0 Å². The molecule has 9 heteroatoms. The van der Waals surface area contributed by atoms with Gasteiger partial charge >= 0.3 is 0 Å². The molecule has 1 aromatic carbocycles. The molecule has 30 heavy (non-hydrogen) atoms. The van der Waals surface area contributed by atoms with Crippen molar-refractivity contribution in [3.8, 4) is 11.6 Å². The Labute approximate surface area is 172 Å². The maximum Gasteiger partial charge on any atom is 0.252 e. The number of pyridine rings is 1. The maximum atomic E-state index is 12.3. The van der Waals surface area contributed by atoms with Gasteiger partial charge in [-0.2, -0.15) is 0 Å². The Morgan fingerprint density at radius 2 is 2.00 bits per heavy atom. The van der Waals surface area contributed by atoms with Gasteiger partial charge in [-0.15, -0.1) is 0 Å². The van der Waals surface area contributed by atoms with E-state index in [0.717, 1.165) is 0 Å². The number of nitrogens with zero attached hydrogens (tertiary/aromatic N) is 1. The van der Waals surface area contributed by atoms with Gasteiger partial charge in [0.25, 0.3) is 5.91 Å². The van der Waals surface area contributed by atoms with Crippen molar-refractivity contribution in [2.45, 2.75) is 25.9 Å². The molecule has 0 aliphatic carbocycles. The zero-order valence-corrected chi connectivity index (χ0v) is 16.9. The summed E-state index contributed by atoms with van der Waals surface area (Å²) in [6.45, 7) is 2.50. The summed E-state index contributed by atoms with van der Waals surface area (Å²) >= 11 is 0. The average molecular weight is 413 g/mol. The van der Waals surface area contributed by atoms with Crippen molar-refractivity contribution in [3.63, 3.8) is 0 Å². The first-order valence-electron chi connectivity index (χ1n) is 9.12. The molecular formula is C21H23N3O6. The number of carbonyl (C=O) groups excluding carboxylic acids is 2. The highest BCUT2D eigenvalue weighted by Crippen LogP contribution is 2.41. The summed E-state index contributed by atoms with van der Waals surface area (Å²) < 4.78 is 16.9. The van der Waals surface area contributed by atoms with Gasteiger partial charge in [0.1, 0.15) is 23.7 Å². The van der Waals surface area contributed by atoms with Crippen LogP contribution in [-0.2, 0) is 16.8 Å². The molecular weight excluding hydrogens is 390 g/mol. The van der Waals surface area contributed by atoms with Crippen molar-refractivity contribution in [1.82, 2.24) is 4.98 Å². The molecule has 1 unspecified atom stereocenters. The number of aromatic nitrogens is 1. The van der Waals surface area contributed by atoms with Gasteiger partial charge in [-0.25, -0.2) is 4.98 Å². The topological polar surface area (TPSA) is 151 Å². The fraction of sp³-hybridized carbons (Fsp3) is 0.286. The van der Waals surface area contributed by atoms with E-state index >= 15 is 0 Å². The minimum atomic E-state index is -1.56. The van der Waals surface area contributed by atoms with Gasteiger partial charge in [-0.3, -0.25) is 9.59 Å². The summed E-state index contributed by atoms with van der Waals surface area (Å²) in [6, 6.07) is 6.70. The van der Waals surface area contributed by atoms with Crippen LogP contribution in [0.15, 0.2) is 34.9 Å². The summed E-state index contributed by atoms with van der Waals surface area (Å²) in [7, 11) is 1.49. The average Bonchev–Trinajstić information content (AvgIpc) is 3.07. The second-order valence-corrected chi connectivity index (χ2v) is 7.02. The molecule has 158 valence electrons. The van der Waals surface area contributed by atoms with E-state index in [2.05, 4.69) is 4.98 Å². The van der Waals surface area contributed by atoms with Gasteiger partial charge in [0, 0.05) is 17.1 Å². The number of hydrogen-bond acceptors (Lipinski definition) is 7. The lowest BCUT2D eigenvalue weighted by molar-refractivity contribution is -0.124. The Morgan fingerprint density at radius 1 is 1.27 bits per heavy atom. The van der Waals surface area contributed by atoms with Gasteiger partial charge in [0.15, 0.2) is 0 Å². The third kappa shape index (κ3) is 3.43. The first kappa shape index (κ1) is 21.1. The second kappa shape index (κ2) is 8.03. The number of benzene rings is 1. The molecule has 3 aromatic rings. The third-order valence-corrected chi connectivity index (χ3v) is 5.08. The molecule has 0 radical (unpaired) electrons. The van der Waals surface area contributed by atoms with Gasteiger partial charge in [0.05, 0.1) is 30.3 Å². The molecule has 0 spiro atoms. The quantitative estimate of drug-likeness (QED) is 0.507. The van der Waals surface area contributed by atoms with E-state index in [1.807, 2.05) is 0 Å². The first-order chi connectivity index (χ1) is 14.2. The minimum absolute atomic E-state index is 0.0541. The Kier molecular flexibility index (Phi) is 5.66. The number of methoxy groups -OCH3 is 1. The van der Waals surface area contributed by atoms with E-state index in [0.29, 0.717) is 17.0 Å². The molecule has 5 N–H and O–H groups in total. The van der Waals surface area contributed by atoms with Crippen molar-refractivity contribution in [2.24, 2.45) is 11.5 Å². The van der Waals surface area contributed by atoms with Crippen LogP contribution >= 0.6 is 0 Å². The highest BCUT2D eigenvalue weighted by atomic mass is 16.5. The SMILES string of the molecule is COc1ncccc1COc1ccc2oc(C)c(C(N)=O)c2c1C(C)(CO)C(N)=O. The van der Waals surface area contributed by atoms with Crippen LogP contribution in [0.1, 0.15) is 34.2 Å². The van der Waals surface area contributed by atoms with E-state index < -0.39 is 23.8 Å². The molecule has 1 atom stereocenters. The lowest BCUT2D eigenvalue weighted by Gasteiger charge is -2.27. The Hall–Kier alpha value is -3.59. The number of furan rings is 1. The van der Waals surface area contributed by atoms with Crippen LogP contribution < -0.4 is 20.9 Å². The fourth-order valence-corrected chi connectivity index (χ4v) is 3.41. The number of carbonyl (C=O) groups is 2. The molecule has 9 nitrogen and oxygen atoms in total. The molecule has 0 saturated heterocycles. The Balaban J connectivity index is 2.23. The summed E-state index contributed by atoms with van der Waals surface area (Å²) in [5.74, 6) is -0.613. The van der Waals surface area contributed by atoms with Crippen molar-refractivity contribution in [3.05, 3.63) is 52.9 Å². The molecule has 0 aliphatic rings. The van der Waals surface area contributed by atoms with Crippen molar-refractivity contribution in [2.75, 3.05) is 13.7 Å². The fourth-order valence-electron chi connectivity index (χ4n) is 3.41. The standard InChI is InChI=1S/C21H23N3O6/c1-11-15(18(22)26)16-13(30-11)6-7-14(17(16)21(2,10-25)20(23)27)29-9-12-5-4-8-24-19(12)28-3/h4-8,25H,9-10H2,1-3H3,(H2,22,26)(H2,23,27). The number of hydrogen-bond donors (Lipinski definition) is 3. The predicted molar refractivity (Wildman–Crippen MR) is 108 cm³/mol. The minimum Gasteiger partial charge on any atom is -0.488 e. The van der Waals surface area contributed by atoms with Crippen LogP contribution in [0.25, 0.3) is 11.0 Å². The van der Waals surface area contributed by atoms with Gasteiger partial charge in [-0.1, -0.05) is 0 Å². The van der Waals surface area contributed by atoms with Crippen molar-refractivity contribution >= 4 is 22.8 Å². The Morgan fingerprint density at radius 3 is 2.60 bits per heavy atom. The van der Waals surface area contributed by atoms with Crippen LogP contribution in [0.4, 0.5) is 0 Å². The molecule has 0 aliphatic heterocycles. The first-order valence-corrected chi connectivity index (χ1v) is 9.12. The van der Waals surface area contributed by atoms with Crippen LogP contribution in [0.5, 0.6) is 11.6 Å². The Bertz CT molecular complexity index is 1120. The van der Waals surface area contributed by atoms with E-state index in [4.69, 9.17) is 25.4 Å². The van der Waals surface area contributed by atoms with E-state index in [1.54, 1.807) is 37.4 Å². The summed E-state index contributed by atoms with van der Waals surface area (Å²) in [5.41, 5.74) is 10.9. The summed E-state index contributed by atoms with van der Waals surface area (Å²) in [5, 5.41) is 10.3. The highest BCUT2D eigenvalue weighted by Gasteiger charge is 2.39. The van der Waals surface area contributed by atoms with Crippen LogP contribution in [-0.4, -0.2) is 35.6 Å². The normalized spacial score (nSPS) is 13.1. The third-order valence-electron chi connectivity index (χ3n) is 5.08. The van der Waals surface area contributed by atoms with Crippen LogP contribution in [0.2, 0.25) is 0 Å². The van der Waals surface area contributed by atoms with E-state index in [9.17, 15) is 14.7 Å². The predicted octanol–water partition coefficient (Wildman–Crippen LogP) is 1.56.